The Morgan fingerprint density at radius 3 is 2.18 bits per heavy atom. The van der Waals surface area contributed by atoms with Crippen LogP contribution in [0, 0.1) is 0 Å². The van der Waals surface area contributed by atoms with Gasteiger partial charge in [0.2, 0.25) is 5.91 Å². The zero-order chi connectivity index (χ0) is 24.2. The van der Waals surface area contributed by atoms with E-state index >= 15 is 0 Å². The average Bonchev–Trinajstić information content (AvgIpc) is 3.59. The van der Waals surface area contributed by atoms with E-state index in [1.807, 2.05) is 31.2 Å². The molecular formula is C27H32N2O5. The maximum absolute atomic E-state index is 12.9. The molecule has 0 heterocycles. The molecule has 7 heteroatoms. The molecule has 1 unspecified atom stereocenters. The van der Waals surface area contributed by atoms with Crippen molar-refractivity contribution >= 4 is 18.0 Å². The number of nitrogens with one attached hydrogen (secondary N) is 1. The lowest BCUT2D eigenvalue weighted by molar-refractivity contribution is -0.150. The smallest absolute Gasteiger partial charge is 0.407 e. The molecule has 0 saturated heterocycles. The predicted octanol–water partition coefficient (Wildman–Crippen LogP) is 4.55. The predicted molar refractivity (Wildman–Crippen MR) is 128 cm³/mol. The molecule has 1 fully saturated rings. The first-order valence-corrected chi connectivity index (χ1v) is 12.1. The highest BCUT2D eigenvalue weighted by molar-refractivity contribution is 5.85. The number of hydrogen-bond acceptors (Lipinski definition) is 4. The molecule has 2 aromatic rings. The molecule has 2 aliphatic carbocycles. The Balaban J connectivity index is 1.38. The van der Waals surface area contributed by atoms with E-state index < -0.39 is 24.1 Å². The van der Waals surface area contributed by atoms with Crippen LogP contribution in [0.4, 0.5) is 4.79 Å². The number of hydrogen-bond donors (Lipinski definition) is 2. The van der Waals surface area contributed by atoms with Gasteiger partial charge in [-0.2, -0.15) is 0 Å². The van der Waals surface area contributed by atoms with Crippen LogP contribution >= 0.6 is 0 Å². The summed E-state index contributed by atoms with van der Waals surface area (Å²) in [6.07, 6.45) is 2.53. The number of nitrogens with zero attached hydrogens (tertiary/aromatic N) is 1. The second kappa shape index (κ2) is 10.3. The molecule has 2 aliphatic rings. The number of carboxylic acids is 1. The molecule has 0 bridgehead atoms. The second-order valence-corrected chi connectivity index (χ2v) is 9.21. The molecule has 0 aliphatic heterocycles. The molecule has 180 valence electrons. The topological polar surface area (TPSA) is 95.9 Å². The molecule has 2 aromatic carbocycles. The van der Waals surface area contributed by atoms with Gasteiger partial charge in [-0.05, 0) is 48.4 Å². The Kier molecular flexibility index (Phi) is 7.20. The Morgan fingerprint density at radius 2 is 1.65 bits per heavy atom. The number of carboxylic acid groups (broad SMARTS) is 1. The van der Waals surface area contributed by atoms with Crippen LogP contribution in [-0.2, 0) is 14.3 Å². The summed E-state index contributed by atoms with van der Waals surface area (Å²) < 4.78 is 5.63. The number of ether oxygens (including phenoxy) is 1. The summed E-state index contributed by atoms with van der Waals surface area (Å²) >= 11 is 0. The van der Waals surface area contributed by atoms with Gasteiger partial charge >= 0.3 is 12.1 Å². The van der Waals surface area contributed by atoms with Crippen LogP contribution in [0.5, 0.6) is 0 Å². The first-order valence-electron chi connectivity index (χ1n) is 12.1. The standard InChI is InChI=1S/C27H32N2O5/c1-3-8-18(15-25(30)29(19-13-14-19)17(2)26(31)32)28-27(33)34-16-24-22-11-6-4-9-20(22)21-10-5-7-12-23(21)24/h4-7,9-12,17-19,24H,3,8,13-16H2,1-2H3,(H,28,33)(H,31,32)/t17?,18-/m0/s1. The SMILES string of the molecule is CCC[C@@H](CC(=O)N(C1CC1)C(C)C(=O)O)NC(=O)OCC1c2ccccc2-c2ccccc21. The Morgan fingerprint density at radius 1 is 1.06 bits per heavy atom. The number of fused-ring (bicyclic) bond motifs is 3. The van der Waals surface area contributed by atoms with E-state index in [1.54, 1.807) is 0 Å². The van der Waals surface area contributed by atoms with Gasteiger partial charge in [-0.1, -0.05) is 61.9 Å². The highest BCUT2D eigenvalue weighted by atomic mass is 16.5. The van der Waals surface area contributed by atoms with E-state index in [0.29, 0.717) is 6.42 Å². The minimum atomic E-state index is -1.02. The van der Waals surface area contributed by atoms with Crippen molar-refractivity contribution in [2.75, 3.05) is 6.61 Å². The van der Waals surface area contributed by atoms with Gasteiger partial charge in [0, 0.05) is 24.4 Å². The zero-order valence-corrected chi connectivity index (χ0v) is 19.7. The number of rotatable bonds is 10. The fourth-order valence-electron chi connectivity index (χ4n) is 4.90. The number of carbonyl (C=O) groups excluding carboxylic acids is 2. The van der Waals surface area contributed by atoms with Gasteiger partial charge in [-0.15, -0.1) is 0 Å². The van der Waals surface area contributed by atoms with Crippen LogP contribution < -0.4 is 5.32 Å². The molecule has 4 rings (SSSR count). The Labute approximate surface area is 200 Å². The van der Waals surface area contributed by atoms with Gasteiger partial charge < -0.3 is 20.1 Å². The van der Waals surface area contributed by atoms with E-state index in [-0.39, 0.29) is 30.9 Å². The molecule has 0 aromatic heterocycles. The van der Waals surface area contributed by atoms with Gasteiger partial charge in [-0.3, -0.25) is 4.79 Å². The molecule has 0 radical (unpaired) electrons. The number of aliphatic carboxylic acids is 1. The van der Waals surface area contributed by atoms with Crippen molar-refractivity contribution in [2.45, 2.75) is 70.0 Å². The summed E-state index contributed by atoms with van der Waals surface area (Å²) in [5.74, 6) is -1.29. The number of carbonyl (C=O) groups is 3. The van der Waals surface area contributed by atoms with Crippen LogP contribution in [0.3, 0.4) is 0 Å². The van der Waals surface area contributed by atoms with Crippen molar-refractivity contribution in [2.24, 2.45) is 0 Å². The monoisotopic (exact) mass is 464 g/mol. The molecule has 0 spiro atoms. The molecular weight excluding hydrogens is 432 g/mol. The van der Waals surface area contributed by atoms with Crippen molar-refractivity contribution in [3.63, 3.8) is 0 Å². The maximum Gasteiger partial charge on any atom is 0.407 e. The summed E-state index contributed by atoms with van der Waals surface area (Å²) in [5, 5.41) is 12.2. The summed E-state index contributed by atoms with van der Waals surface area (Å²) in [5.41, 5.74) is 4.60. The zero-order valence-electron chi connectivity index (χ0n) is 19.7. The van der Waals surface area contributed by atoms with Crippen molar-refractivity contribution in [3.05, 3.63) is 59.7 Å². The van der Waals surface area contributed by atoms with Gasteiger partial charge in [0.05, 0.1) is 0 Å². The van der Waals surface area contributed by atoms with Crippen LogP contribution in [0.2, 0.25) is 0 Å². The van der Waals surface area contributed by atoms with E-state index in [9.17, 15) is 19.5 Å². The number of benzene rings is 2. The van der Waals surface area contributed by atoms with Crippen LogP contribution in [-0.4, -0.2) is 52.7 Å². The molecule has 2 N–H and O–H groups in total. The van der Waals surface area contributed by atoms with Gasteiger partial charge in [0.1, 0.15) is 12.6 Å². The largest absolute Gasteiger partial charge is 0.480 e. The third kappa shape index (κ3) is 5.08. The minimum absolute atomic E-state index is 0.0182. The minimum Gasteiger partial charge on any atom is -0.480 e. The molecule has 7 nitrogen and oxygen atoms in total. The van der Waals surface area contributed by atoms with Crippen LogP contribution in [0.25, 0.3) is 11.1 Å². The van der Waals surface area contributed by atoms with Crippen molar-refractivity contribution in [3.8, 4) is 11.1 Å². The van der Waals surface area contributed by atoms with Gasteiger partial charge in [0.25, 0.3) is 0 Å². The van der Waals surface area contributed by atoms with E-state index in [2.05, 4.69) is 29.6 Å². The second-order valence-electron chi connectivity index (χ2n) is 9.21. The van der Waals surface area contributed by atoms with E-state index in [0.717, 1.165) is 41.5 Å². The fraction of sp³-hybridized carbons (Fsp3) is 0.444. The van der Waals surface area contributed by atoms with Crippen molar-refractivity contribution in [1.82, 2.24) is 10.2 Å². The lowest BCUT2D eigenvalue weighted by atomic mass is 9.98. The van der Waals surface area contributed by atoms with Crippen molar-refractivity contribution in [1.29, 1.82) is 0 Å². The lowest BCUT2D eigenvalue weighted by Crippen LogP contribution is -2.47. The van der Waals surface area contributed by atoms with E-state index in [4.69, 9.17) is 4.74 Å². The Bertz CT molecular complexity index is 1020. The maximum atomic E-state index is 12.9. The first kappa shape index (κ1) is 23.8. The van der Waals surface area contributed by atoms with Gasteiger partial charge in [-0.25, -0.2) is 9.59 Å². The molecule has 1 saturated carbocycles. The lowest BCUT2D eigenvalue weighted by Gasteiger charge is -2.28. The van der Waals surface area contributed by atoms with Crippen LogP contribution in [0.15, 0.2) is 48.5 Å². The summed E-state index contributed by atoms with van der Waals surface area (Å²) in [6.45, 7) is 3.72. The Hall–Kier alpha value is -3.35. The van der Waals surface area contributed by atoms with Gasteiger partial charge in [0.15, 0.2) is 0 Å². The molecule has 34 heavy (non-hydrogen) atoms. The third-order valence-electron chi connectivity index (χ3n) is 6.73. The van der Waals surface area contributed by atoms with Crippen molar-refractivity contribution < 1.29 is 24.2 Å². The summed E-state index contributed by atoms with van der Waals surface area (Å²) in [4.78, 5) is 38.6. The fourth-order valence-corrected chi connectivity index (χ4v) is 4.90. The quantitative estimate of drug-likeness (QED) is 0.538. The highest BCUT2D eigenvalue weighted by Crippen LogP contribution is 2.44. The summed E-state index contributed by atoms with van der Waals surface area (Å²) in [6, 6.07) is 15.0. The highest BCUT2D eigenvalue weighted by Gasteiger charge is 2.39. The number of amides is 2. The normalized spacial score (nSPS) is 16.2. The molecule has 2 atom stereocenters. The average molecular weight is 465 g/mol. The third-order valence-corrected chi connectivity index (χ3v) is 6.73. The van der Waals surface area contributed by atoms with Crippen LogP contribution in [0.1, 0.15) is 63.0 Å². The van der Waals surface area contributed by atoms with E-state index in [1.165, 1.54) is 11.8 Å². The first-order chi connectivity index (χ1) is 16.4. The summed E-state index contributed by atoms with van der Waals surface area (Å²) in [7, 11) is 0. The molecule has 2 amide bonds. The number of alkyl carbamates (subject to hydrolysis) is 1.